The fourth-order valence-corrected chi connectivity index (χ4v) is 2.87. The molecule has 1 N–H and O–H groups in total. The van der Waals surface area contributed by atoms with Crippen molar-refractivity contribution in [1.82, 2.24) is 0 Å². The molecule has 2 unspecified atom stereocenters. The lowest BCUT2D eigenvalue weighted by atomic mass is 9.92. The molecule has 20 heavy (non-hydrogen) atoms. The van der Waals surface area contributed by atoms with E-state index in [0.717, 1.165) is 31.7 Å². The lowest BCUT2D eigenvalue weighted by molar-refractivity contribution is -0.137. The number of halogens is 4. The Morgan fingerprint density at radius 1 is 1.25 bits per heavy atom. The van der Waals surface area contributed by atoms with E-state index in [1.54, 1.807) is 7.11 Å². The smallest absolute Gasteiger partial charge is 0.379 e. The maximum Gasteiger partial charge on any atom is 0.418 e. The fraction of sp³-hybridized carbons (Fsp3) is 0.571. The summed E-state index contributed by atoms with van der Waals surface area (Å²) in [7, 11) is 1.59. The summed E-state index contributed by atoms with van der Waals surface area (Å²) in [5.41, 5.74) is -0.777. The number of hydrogen-bond donors (Lipinski definition) is 1. The average Bonchev–Trinajstić information content (AvgIpc) is 2.40. The summed E-state index contributed by atoms with van der Waals surface area (Å²) in [6.07, 6.45) is -0.874. The van der Waals surface area contributed by atoms with Crippen LogP contribution in [0, 0.1) is 0 Å². The Morgan fingerprint density at radius 3 is 2.60 bits per heavy atom. The number of hydrogen-bond acceptors (Lipinski definition) is 2. The van der Waals surface area contributed by atoms with E-state index in [0.29, 0.717) is 0 Å². The Hall–Kier alpha value is -0.940. The van der Waals surface area contributed by atoms with E-state index in [1.807, 2.05) is 0 Å². The summed E-state index contributed by atoms with van der Waals surface area (Å²) in [4.78, 5) is 0. The van der Waals surface area contributed by atoms with Crippen molar-refractivity contribution in [1.29, 1.82) is 0 Å². The van der Waals surface area contributed by atoms with Gasteiger partial charge in [-0.05, 0) is 25.0 Å². The van der Waals surface area contributed by atoms with Crippen LogP contribution in [-0.2, 0) is 10.9 Å². The minimum absolute atomic E-state index is 0.0457. The molecule has 0 radical (unpaired) electrons. The second kappa shape index (κ2) is 6.22. The van der Waals surface area contributed by atoms with Crippen molar-refractivity contribution in [3.8, 4) is 0 Å². The Bertz CT molecular complexity index is 464. The molecule has 6 heteroatoms. The van der Waals surface area contributed by atoms with Gasteiger partial charge < -0.3 is 10.1 Å². The number of rotatable bonds is 3. The highest BCUT2D eigenvalue weighted by Gasteiger charge is 2.36. The molecule has 0 heterocycles. The summed E-state index contributed by atoms with van der Waals surface area (Å²) in [5.74, 6) is 0. The first-order chi connectivity index (χ1) is 9.43. The van der Waals surface area contributed by atoms with Crippen molar-refractivity contribution in [3.63, 3.8) is 0 Å². The van der Waals surface area contributed by atoms with Crippen LogP contribution >= 0.6 is 11.6 Å². The molecule has 2 rings (SSSR count). The van der Waals surface area contributed by atoms with Gasteiger partial charge in [-0.3, -0.25) is 0 Å². The van der Waals surface area contributed by atoms with Crippen molar-refractivity contribution in [2.45, 2.75) is 44.0 Å². The van der Waals surface area contributed by atoms with E-state index >= 15 is 0 Å². The number of methoxy groups -OCH3 is 1. The molecule has 1 aromatic carbocycles. The summed E-state index contributed by atoms with van der Waals surface area (Å²) in [5, 5.41) is 3.03. The average molecular weight is 308 g/mol. The summed E-state index contributed by atoms with van der Waals surface area (Å²) >= 11 is 5.94. The van der Waals surface area contributed by atoms with Crippen LogP contribution in [0.25, 0.3) is 0 Å². The maximum atomic E-state index is 13.0. The minimum Gasteiger partial charge on any atom is -0.379 e. The summed E-state index contributed by atoms with van der Waals surface area (Å²) < 4.78 is 44.4. The summed E-state index contributed by atoms with van der Waals surface area (Å²) in [6, 6.07) is 3.67. The van der Waals surface area contributed by atoms with E-state index in [9.17, 15) is 13.2 Å². The first kappa shape index (κ1) is 15.4. The quantitative estimate of drug-likeness (QED) is 0.871. The highest BCUT2D eigenvalue weighted by molar-refractivity contribution is 6.33. The third-order valence-corrected chi connectivity index (χ3v) is 3.97. The molecule has 112 valence electrons. The number of para-hydroxylation sites is 1. The van der Waals surface area contributed by atoms with Gasteiger partial charge in [0.1, 0.15) is 0 Å². The number of anilines is 1. The molecule has 1 saturated carbocycles. The largest absolute Gasteiger partial charge is 0.418 e. The van der Waals surface area contributed by atoms with Crippen molar-refractivity contribution in [3.05, 3.63) is 28.8 Å². The molecular weight excluding hydrogens is 291 g/mol. The lowest BCUT2D eigenvalue weighted by Gasteiger charge is -2.32. The van der Waals surface area contributed by atoms with E-state index in [-0.39, 0.29) is 22.9 Å². The topological polar surface area (TPSA) is 21.3 Å². The normalized spacial score (nSPS) is 23.6. The van der Waals surface area contributed by atoms with Gasteiger partial charge in [0.2, 0.25) is 0 Å². The zero-order chi connectivity index (χ0) is 14.8. The molecule has 2 atom stereocenters. The van der Waals surface area contributed by atoms with Gasteiger partial charge in [0.15, 0.2) is 0 Å². The van der Waals surface area contributed by atoms with Gasteiger partial charge in [-0.2, -0.15) is 13.2 Å². The van der Waals surface area contributed by atoms with Crippen LogP contribution in [0.15, 0.2) is 18.2 Å². The van der Waals surface area contributed by atoms with Crippen LogP contribution in [-0.4, -0.2) is 19.3 Å². The third-order valence-electron chi connectivity index (χ3n) is 3.65. The van der Waals surface area contributed by atoms with E-state index in [2.05, 4.69) is 5.32 Å². The minimum atomic E-state index is -4.43. The molecule has 0 saturated heterocycles. The van der Waals surface area contributed by atoms with E-state index < -0.39 is 11.7 Å². The molecule has 1 aliphatic rings. The van der Waals surface area contributed by atoms with Gasteiger partial charge in [-0.15, -0.1) is 0 Å². The Kier molecular flexibility index (Phi) is 4.81. The molecule has 0 amide bonds. The SMILES string of the molecule is COC1CCCCC1Nc1c(Cl)cccc1C(F)(F)F. The molecule has 1 aromatic rings. The van der Waals surface area contributed by atoms with Gasteiger partial charge in [0, 0.05) is 7.11 Å². The number of ether oxygens (including phenoxy) is 1. The summed E-state index contributed by atoms with van der Waals surface area (Å²) in [6.45, 7) is 0. The highest BCUT2D eigenvalue weighted by Crippen LogP contribution is 2.39. The molecular formula is C14H17ClF3NO. The van der Waals surface area contributed by atoms with Crippen LogP contribution < -0.4 is 5.32 Å². The van der Waals surface area contributed by atoms with Gasteiger partial charge >= 0.3 is 6.18 Å². The zero-order valence-corrected chi connectivity index (χ0v) is 11.9. The molecule has 1 fully saturated rings. The fourth-order valence-electron chi connectivity index (χ4n) is 2.64. The van der Waals surface area contributed by atoms with Gasteiger partial charge in [0.25, 0.3) is 0 Å². The maximum absolute atomic E-state index is 13.0. The van der Waals surface area contributed by atoms with E-state index in [1.165, 1.54) is 12.1 Å². The lowest BCUT2D eigenvalue weighted by Crippen LogP contribution is -2.38. The molecule has 2 nitrogen and oxygen atoms in total. The molecule has 0 spiro atoms. The standard InChI is InChI=1S/C14H17ClF3NO/c1-20-12-8-3-2-7-11(12)19-13-9(14(16,17)18)5-4-6-10(13)15/h4-6,11-12,19H,2-3,7-8H2,1H3. The predicted molar refractivity (Wildman–Crippen MR) is 73.1 cm³/mol. The van der Waals surface area contributed by atoms with Gasteiger partial charge in [-0.1, -0.05) is 30.5 Å². The zero-order valence-electron chi connectivity index (χ0n) is 11.1. The van der Waals surface area contributed by atoms with E-state index in [4.69, 9.17) is 16.3 Å². The third kappa shape index (κ3) is 3.38. The van der Waals surface area contributed by atoms with Crippen LogP contribution in [0.4, 0.5) is 18.9 Å². The van der Waals surface area contributed by atoms with Crippen LogP contribution in [0.3, 0.4) is 0 Å². The number of nitrogens with one attached hydrogen (secondary N) is 1. The van der Waals surface area contributed by atoms with Crippen molar-refractivity contribution in [2.24, 2.45) is 0 Å². The molecule has 0 bridgehead atoms. The first-order valence-electron chi connectivity index (χ1n) is 6.58. The second-order valence-corrected chi connectivity index (χ2v) is 5.38. The Morgan fingerprint density at radius 2 is 1.95 bits per heavy atom. The van der Waals surface area contributed by atoms with Crippen molar-refractivity contribution in [2.75, 3.05) is 12.4 Å². The number of alkyl halides is 3. The Labute approximate surface area is 121 Å². The van der Waals surface area contributed by atoms with Gasteiger partial charge in [-0.25, -0.2) is 0 Å². The highest BCUT2D eigenvalue weighted by atomic mass is 35.5. The second-order valence-electron chi connectivity index (χ2n) is 4.97. The van der Waals surface area contributed by atoms with Crippen molar-refractivity contribution >= 4 is 17.3 Å². The molecule has 0 aliphatic heterocycles. The van der Waals surface area contributed by atoms with Crippen LogP contribution in [0.1, 0.15) is 31.2 Å². The van der Waals surface area contributed by atoms with Gasteiger partial charge in [0.05, 0.1) is 28.4 Å². The van der Waals surface area contributed by atoms with Crippen LogP contribution in [0.2, 0.25) is 5.02 Å². The number of benzene rings is 1. The predicted octanol–water partition coefficient (Wildman–Crippen LogP) is 4.73. The van der Waals surface area contributed by atoms with Crippen molar-refractivity contribution < 1.29 is 17.9 Å². The molecule has 0 aromatic heterocycles. The molecule has 1 aliphatic carbocycles. The Balaban J connectivity index is 2.28. The van der Waals surface area contributed by atoms with Crippen LogP contribution in [0.5, 0.6) is 0 Å². The first-order valence-corrected chi connectivity index (χ1v) is 6.96. The monoisotopic (exact) mass is 307 g/mol.